The summed E-state index contributed by atoms with van der Waals surface area (Å²) in [6.07, 6.45) is 1.37. The fourth-order valence-electron chi connectivity index (χ4n) is 0.704. The van der Waals surface area contributed by atoms with Gasteiger partial charge in [0.05, 0.1) is 10.7 Å². The molecule has 1 rings (SSSR count). The molecule has 0 atom stereocenters. The van der Waals surface area contributed by atoms with E-state index in [1.54, 1.807) is 6.92 Å². The Hall–Kier alpha value is -0.900. The van der Waals surface area contributed by atoms with Crippen LogP contribution in [0.4, 0.5) is 8.78 Å². The van der Waals surface area contributed by atoms with Crippen LogP contribution < -0.4 is 4.74 Å². The molecule has 0 radical (unpaired) electrons. The lowest BCUT2D eigenvalue weighted by molar-refractivity contribution is -0.0505. The van der Waals surface area contributed by atoms with Gasteiger partial charge in [-0.2, -0.15) is 8.78 Å². The molecule has 1 aromatic heterocycles. The average Bonchev–Trinajstić information content (AvgIpc) is 2.14. The molecular weight excluding hydrogens is 212 g/mol. The molecule has 0 saturated heterocycles. The summed E-state index contributed by atoms with van der Waals surface area (Å²) in [5.41, 5.74) is 0.389. The molecule has 0 aliphatic carbocycles. The van der Waals surface area contributed by atoms with E-state index in [4.69, 9.17) is 11.6 Å². The lowest BCUT2D eigenvalue weighted by Crippen LogP contribution is -2.03. The van der Waals surface area contributed by atoms with Gasteiger partial charge in [-0.3, -0.25) is 4.98 Å². The maximum atomic E-state index is 11.7. The van der Waals surface area contributed by atoms with E-state index in [2.05, 4.69) is 9.72 Å². The van der Waals surface area contributed by atoms with Crippen molar-refractivity contribution in [3.05, 3.63) is 23.0 Å². The number of nitrogens with zero attached hydrogens (tertiary/aromatic N) is 1. The summed E-state index contributed by atoms with van der Waals surface area (Å²) in [4.78, 5) is 3.74. The highest BCUT2D eigenvalue weighted by Crippen LogP contribution is 2.21. The van der Waals surface area contributed by atoms with E-state index < -0.39 is 6.61 Å². The summed E-state index contributed by atoms with van der Waals surface area (Å²) in [5, 5.41) is 0.274. The minimum absolute atomic E-state index is 0.0116. The Balaban J connectivity index is 0.000000791. The van der Waals surface area contributed by atoms with E-state index >= 15 is 0 Å². The molecule has 14 heavy (non-hydrogen) atoms. The van der Waals surface area contributed by atoms with Crippen LogP contribution in [0, 0.1) is 6.92 Å². The van der Waals surface area contributed by atoms with Crippen molar-refractivity contribution in [3.8, 4) is 5.75 Å². The second-order valence-electron chi connectivity index (χ2n) is 2.12. The number of rotatable bonds is 2. The van der Waals surface area contributed by atoms with E-state index in [0.29, 0.717) is 5.69 Å². The van der Waals surface area contributed by atoms with Crippen molar-refractivity contribution in [2.75, 3.05) is 0 Å². The number of hydrogen-bond donors (Lipinski definition) is 0. The smallest absolute Gasteiger partial charge is 0.387 e. The molecule has 5 heteroatoms. The highest BCUT2D eigenvalue weighted by atomic mass is 35.5. The molecule has 0 aliphatic rings. The van der Waals surface area contributed by atoms with Gasteiger partial charge in [-0.1, -0.05) is 25.4 Å². The maximum Gasteiger partial charge on any atom is 0.387 e. The van der Waals surface area contributed by atoms with Gasteiger partial charge in [0.15, 0.2) is 0 Å². The van der Waals surface area contributed by atoms with Crippen LogP contribution in [0.1, 0.15) is 19.5 Å². The SMILES string of the molecule is CC.Cc1ncc(Cl)cc1OC(F)F. The Morgan fingerprint density at radius 1 is 1.43 bits per heavy atom. The monoisotopic (exact) mass is 223 g/mol. The summed E-state index contributed by atoms with van der Waals surface area (Å²) in [5.74, 6) is 0.0116. The van der Waals surface area contributed by atoms with Crippen LogP contribution in [0.3, 0.4) is 0 Å². The first-order valence-electron chi connectivity index (χ1n) is 4.16. The topological polar surface area (TPSA) is 22.1 Å². The zero-order valence-corrected chi connectivity index (χ0v) is 8.98. The summed E-state index contributed by atoms with van der Waals surface area (Å²) >= 11 is 5.51. The number of hydrogen-bond acceptors (Lipinski definition) is 2. The first-order chi connectivity index (χ1) is 6.59. The third-order valence-corrected chi connectivity index (χ3v) is 1.43. The number of aryl methyl sites for hydroxylation is 1. The van der Waals surface area contributed by atoms with E-state index in [-0.39, 0.29) is 10.8 Å². The minimum Gasteiger partial charge on any atom is -0.433 e. The summed E-state index contributed by atoms with van der Waals surface area (Å²) < 4.78 is 27.6. The molecule has 80 valence electrons. The first-order valence-corrected chi connectivity index (χ1v) is 4.54. The number of halogens is 3. The summed E-state index contributed by atoms with van der Waals surface area (Å²) in [6, 6.07) is 1.30. The predicted octanol–water partition coefficient (Wildman–Crippen LogP) is 3.67. The number of aromatic nitrogens is 1. The molecule has 0 saturated carbocycles. The molecule has 2 nitrogen and oxygen atoms in total. The Labute approximate surface area is 86.9 Å². The molecule has 0 aromatic carbocycles. The maximum absolute atomic E-state index is 11.7. The standard InChI is InChI=1S/C7H6ClF2NO.C2H6/c1-4-6(12-7(9)10)2-5(8)3-11-4;1-2/h2-3,7H,1H3;1-2H3. The van der Waals surface area contributed by atoms with E-state index in [0.717, 1.165) is 0 Å². The van der Waals surface area contributed by atoms with Crippen molar-refractivity contribution < 1.29 is 13.5 Å². The minimum atomic E-state index is -2.84. The molecule has 0 bridgehead atoms. The molecular formula is C9H12ClF2NO. The molecule has 0 unspecified atom stereocenters. The second-order valence-corrected chi connectivity index (χ2v) is 2.55. The third-order valence-electron chi connectivity index (χ3n) is 1.22. The zero-order chi connectivity index (χ0) is 11.1. The number of pyridine rings is 1. The molecule has 0 aliphatic heterocycles. The van der Waals surface area contributed by atoms with Gasteiger partial charge in [-0.15, -0.1) is 0 Å². The van der Waals surface area contributed by atoms with Gasteiger partial charge in [0, 0.05) is 12.3 Å². The Kier molecular flexibility index (Phi) is 6.12. The fraction of sp³-hybridized carbons (Fsp3) is 0.444. The van der Waals surface area contributed by atoms with E-state index in [9.17, 15) is 8.78 Å². The van der Waals surface area contributed by atoms with Gasteiger partial charge in [0.1, 0.15) is 5.75 Å². The highest BCUT2D eigenvalue weighted by molar-refractivity contribution is 6.30. The molecule has 1 aromatic rings. The van der Waals surface area contributed by atoms with Crippen molar-refractivity contribution in [1.29, 1.82) is 0 Å². The molecule has 0 amide bonds. The average molecular weight is 224 g/mol. The molecule has 1 heterocycles. The Morgan fingerprint density at radius 3 is 2.50 bits per heavy atom. The molecule has 0 fully saturated rings. The zero-order valence-electron chi connectivity index (χ0n) is 8.22. The summed E-state index contributed by atoms with van der Waals surface area (Å²) in [6.45, 7) is 2.72. The normalized spacial score (nSPS) is 9.36. The third kappa shape index (κ3) is 4.37. The van der Waals surface area contributed by atoms with Crippen LogP contribution >= 0.6 is 11.6 Å². The Morgan fingerprint density at radius 2 is 2.00 bits per heavy atom. The lowest BCUT2D eigenvalue weighted by Gasteiger charge is -2.06. The van der Waals surface area contributed by atoms with Crippen molar-refractivity contribution in [1.82, 2.24) is 4.98 Å². The van der Waals surface area contributed by atoms with Crippen LogP contribution in [0.2, 0.25) is 5.02 Å². The first kappa shape index (κ1) is 13.1. The van der Waals surface area contributed by atoms with Gasteiger partial charge in [0.25, 0.3) is 0 Å². The number of alkyl halides is 2. The fourth-order valence-corrected chi connectivity index (χ4v) is 0.852. The van der Waals surface area contributed by atoms with Gasteiger partial charge in [0.2, 0.25) is 0 Å². The van der Waals surface area contributed by atoms with Crippen LogP contribution in [0.5, 0.6) is 5.75 Å². The number of ether oxygens (including phenoxy) is 1. The largest absolute Gasteiger partial charge is 0.433 e. The Bertz CT molecular complexity index is 282. The molecule has 0 spiro atoms. The lowest BCUT2D eigenvalue weighted by atomic mass is 10.3. The van der Waals surface area contributed by atoms with Crippen LogP contribution in [0.15, 0.2) is 12.3 Å². The van der Waals surface area contributed by atoms with Crippen molar-refractivity contribution in [3.63, 3.8) is 0 Å². The van der Waals surface area contributed by atoms with Crippen LogP contribution in [-0.4, -0.2) is 11.6 Å². The second kappa shape index (κ2) is 6.54. The van der Waals surface area contributed by atoms with Crippen molar-refractivity contribution >= 4 is 11.6 Å². The molecule has 0 N–H and O–H groups in total. The predicted molar refractivity (Wildman–Crippen MR) is 52.0 cm³/mol. The summed E-state index contributed by atoms with van der Waals surface area (Å²) in [7, 11) is 0. The quantitative estimate of drug-likeness (QED) is 0.763. The van der Waals surface area contributed by atoms with E-state index in [1.807, 2.05) is 13.8 Å². The van der Waals surface area contributed by atoms with Gasteiger partial charge in [-0.25, -0.2) is 0 Å². The van der Waals surface area contributed by atoms with Gasteiger partial charge in [-0.05, 0) is 6.92 Å². The van der Waals surface area contributed by atoms with Crippen molar-refractivity contribution in [2.45, 2.75) is 27.4 Å². The van der Waals surface area contributed by atoms with Gasteiger partial charge >= 0.3 is 6.61 Å². The van der Waals surface area contributed by atoms with Crippen LogP contribution in [-0.2, 0) is 0 Å². The van der Waals surface area contributed by atoms with Crippen molar-refractivity contribution in [2.24, 2.45) is 0 Å². The van der Waals surface area contributed by atoms with Crippen LogP contribution in [0.25, 0.3) is 0 Å². The van der Waals surface area contributed by atoms with Gasteiger partial charge < -0.3 is 4.74 Å². The highest BCUT2D eigenvalue weighted by Gasteiger charge is 2.07. The van der Waals surface area contributed by atoms with E-state index in [1.165, 1.54) is 12.3 Å².